The molecular weight excluding hydrogens is 288 g/mol. The van der Waals surface area contributed by atoms with Gasteiger partial charge in [0.15, 0.2) is 0 Å². The van der Waals surface area contributed by atoms with Crippen molar-refractivity contribution in [1.29, 1.82) is 0 Å². The zero-order valence-electron chi connectivity index (χ0n) is 12.1. The van der Waals surface area contributed by atoms with Crippen molar-refractivity contribution in [2.45, 2.75) is 38.3 Å². The van der Waals surface area contributed by atoms with Gasteiger partial charge in [-0.1, -0.05) is 37.3 Å². The summed E-state index contributed by atoms with van der Waals surface area (Å²) in [5.41, 5.74) is 0.994. The molecule has 0 amide bonds. The quantitative estimate of drug-likeness (QED) is 0.619. The molecule has 1 aliphatic rings. The van der Waals surface area contributed by atoms with Crippen molar-refractivity contribution in [2.24, 2.45) is 4.99 Å². The first kappa shape index (κ1) is 15.9. The van der Waals surface area contributed by atoms with Gasteiger partial charge in [-0.3, -0.25) is 0 Å². The molecule has 21 heavy (non-hydrogen) atoms. The van der Waals surface area contributed by atoms with E-state index in [1.165, 1.54) is 10.4 Å². The lowest BCUT2D eigenvalue weighted by molar-refractivity contribution is 0.259. The maximum atomic E-state index is 12.6. The standard InChI is InChI=1S/C15H20N2O3S/c1-13(14-7-3-2-4-8-14)11-21(19,20)17-10-6-5-9-15(17)16-12-18/h2-4,7-8,13,15H,5-6,9-11H2,1H3. The molecule has 6 heteroatoms. The summed E-state index contributed by atoms with van der Waals surface area (Å²) in [7, 11) is -3.44. The minimum Gasteiger partial charge on any atom is -0.212 e. The summed E-state index contributed by atoms with van der Waals surface area (Å²) < 4.78 is 26.5. The van der Waals surface area contributed by atoms with Crippen LogP contribution in [0.3, 0.4) is 0 Å². The third kappa shape index (κ3) is 4.00. The summed E-state index contributed by atoms with van der Waals surface area (Å²) in [4.78, 5) is 14.1. The van der Waals surface area contributed by atoms with E-state index in [4.69, 9.17) is 0 Å². The van der Waals surface area contributed by atoms with Crippen LogP contribution in [0, 0.1) is 0 Å². The molecule has 2 atom stereocenters. The zero-order chi connectivity index (χ0) is 15.3. The summed E-state index contributed by atoms with van der Waals surface area (Å²) in [6.45, 7) is 2.33. The molecule has 2 rings (SSSR count). The fourth-order valence-electron chi connectivity index (χ4n) is 2.69. The molecule has 1 fully saturated rings. The number of nitrogens with zero attached hydrogens (tertiary/aromatic N) is 2. The number of benzene rings is 1. The molecule has 0 aromatic heterocycles. The Kier molecular flexibility index (Phi) is 5.28. The highest BCUT2D eigenvalue weighted by molar-refractivity contribution is 7.89. The van der Waals surface area contributed by atoms with Gasteiger partial charge in [0.05, 0.1) is 5.75 Å². The molecule has 1 aliphatic heterocycles. The molecular formula is C15H20N2O3S. The number of isocyanates is 1. The molecule has 1 saturated heterocycles. The number of carbonyl (C=O) groups excluding carboxylic acids is 1. The molecule has 2 unspecified atom stereocenters. The number of aliphatic imine (C=N–C) groups is 1. The van der Waals surface area contributed by atoms with Gasteiger partial charge in [-0.25, -0.2) is 13.2 Å². The Morgan fingerprint density at radius 1 is 1.33 bits per heavy atom. The van der Waals surface area contributed by atoms with Crippen molar-refractivity contribution in [3.8, 4) is 0 Å². The lowest BCUT2D eigenvalue weighted by atomic mass is 10.0. The minimum absolute atomic E-state index is 0.0297. The van der Waals surface area contributed by atoms with E-state index in [9.17, 15) is 13.2 Å². The van der Waals surface area contributed by atoms with E-state index in [1.807, 2.05) is 37.3 Å². The van der Waals surface area contributed by atoms with Gasteiger partial charge >= 0.3 is 0 Å². The van der Waals surface area contributed by atoms with E-state index >= 15 is 0 Å². The molecule has 0 saturated carbocycles. The van der Waals surface area contributed by atoms with Crippen molar-refractivity contribution < 1.29 is 13.2 Å². The van der Waals surface area contributed by atoms with Gasteiger partial charge in [-0.15, -0.1) is 0 Å². The third-order valence-electron chi connectivity index (χ3n) is 3.81. The molecule has 1 aromatic rings. The Labute approximate surface area is 125 Å². The first-order chi connectivity index (χ1) is 10.0. The van der Waals surface area contributed by atoms with Gasteiger partial charge in [0.2, 0.25) is 16.1 Å². The highest BCUT2D eigenvalue weighted by Gasteiger charge is 2.33. The predicted octanol–water partition coefficient (Wildman–Crippen LogP) is 2.27. The maximum Gasteiger partial charge on any atom is 0.236 e. The normalized spacial score (nSPS) is 21.5. The van der Waals surface area contributed by atoms with E-state index in [2.05, 4.69) is 4.99 Å². The van der Waals surface area contributed by atoms with E-state index in [1.54, 1.807) is 0 Å². The fourth-order valence-corrected chi connectivity index (χ4v) is 4.64. The van der Waals surface area contributed by atoms with Gasteiger partial charge in [0.25, 0.3) is 0 Å². The Balaban J connectivity index is 2.15. The van der Waals surface area contributed by atoms with Gasteiger partial charge in [0.1, 0.15) is 6.17 Å². The molecule has 0 radical (unpaired) electrons. The molecule has 0 spiro atoms. The van der Waals surface area contributed by atoms with Gasteiger partial charge in [0, 0.05) is 6.54 Å². The van der Waals surface area contributed by atoms with Crippen molar-refractivity contribution in [1.82, 2.24) is 4.31 Å². The molecule has 5 nitrogen and oxygen atoms in total. The van der Waals surface area contributed by atoms with Crippen molar-refractivity contribution in [3.05, 3.63) is 35.9 Å². The molecule has 114 valence electrons. The number of hydrogen-bond donors (Lipinski definition) is 0. The second kappa shape index (κ2) is 6.98. The minimum atomic E-state index is -3.44. The number of piperidine rings is 1. The van der Waals surface area contributed by atoms with Crippen LogP contribution in [0.5, 0.6) is 0 Å². The Bertz CT molecular complexity index is 609. The first-order valence-electron chi connectivity index (χ1n) is 7.16. The molecule has 0 N–H and O–H groups in total. The number of sulfonamides is 1. The molecule has 0 bridgehead atoms. The highest BCUT2D eigenvalue weighted by Crippen LogP contribution is 2.25. The van der Waals surface area contributed by atoms with Crippen LogP contribution in [-0.2, 0) is 14.8 Å². The van der Waals surface area contributed by atoms with Crippen LogP contribution in [0.1, 0.15) is 37.7 Å². The smallest absolute Gasteiger partial charge is 0.212 e. The van der Waals surface area contributed by atoms with E-state index in [0.717, 1.165) is 18.4 Å². The van der Waals surface area contributed by atoms with E-state index in [-0.39, 0.29) is 11.7 Å². The Morgan fingerprint density at radius 2 is 2.05 bits per heavy atom. The van der Waals surface area contributed by atoms with Crippen LogP contribution in [0.4, 0.5) is 0 Å². The summed E-state index contributed by atoms with van der Waals surface area (Å²) in [5, 5.41) is 0. The van der Waals surface area contributed by atoms with Crippen LogP contribution in [0.25, 0.3) is 0 Å². The molecule has 0 aliphatic carbocycles. The molecule has 1 heterocycles. The number of rotatable bonds is 5. The summed E-state index contributed by atoms with van der Waals surface area (Å²) in [5.74, 6) is -0.0685. The average molecular weight is 308 g/mol. The lowest BCUT2D eigenvalue weighted by Gasteiger charge is -2.32. The van der Waals surface area contributed by atoms with Crippen LogP contribution < -0.4 is 0 Å². The zero-order valence-corrected chi connectivity index (χ0v) is 12.9. The van der Waals surface area contributed by atoms with Gasteiger partial charge in [-0.05, 0) is 30.7 Å². The summed E-state index contributed by atoms with van der Waals surface area (Å²) in [6, 6.07) is 9.57. The van der Waals surface area contributed by atoms with Crippen molar-refractivity contribution in [3.63, 3.8) is 0 Å². The van der Waals surface area contributed by atoms with E-state index < -0.39 is 16.2 Å². The number of hydrogen-bond acceptors (Lipinski definition) is 4. The van der Waals surface area contributed by atoms with Crippen LogP contribution in [0.15, 0.2) is 35.3 Å². The highest BCUT2D eigenvalue weighted by atomic mass is 32.2. The predicted molar refractivity (Wildman–Crippen MR) is 81.1 cm³/mol. The Hall–Kier alpha value is -1.49. The second-order valence-corrected chi connectivity index (χ2v) is 7.36. The second-order valence-electron chi connectivity index (χ2n) is 5.40. The Morgan fingerprint density at radius 3 is 2.71 bits per heavy atom. The largest absolute Gasteiger partial charge is 0.236 e. The van der Waals surface area contributed by atoms with Crippen molar-refractivity contribution in [2.75, 3.05) is 12.3 Å². The fraction of sp³-hybridized carbons (Fsp3) is 0.533. The third-order valence-corrected chi connectivity index (χ3v) is 5.87. The SMILES string of the molecule is CC(CS(=O)(=O)N1CCCCC1N=C=O)c1ccccc1. The summed E-state index contributed by atoms with van der Waals surface area (Å²) in [6.07, 6.45) is 3.20. The topological polar surface area (TPSA) is 66.8 Å². The maximum absolute atomic E-state index is 12.6. The van der Waals surface area contributed by atoms with E-state index in [0.29, 0.717) is 13.0 Å². The van der Waals surface area contributed by atoms with Crippen LogP contribution in [0.2, 0.25) is 0 Å². The van der Waals surface area contributed by atoms with Gasteiger partial charge < -0.3 is 0 Å². The van der Waals surface area contributed by atoms with Gasteiger partial charge in [-0.2, -0.15) is 9.30 Å². The lowest BCUT2D eigenvalue weighted by Crippen LogP contribution is -2.44. The molecule has 1 aromatic carbocycles. The average Bonchev–Trinajstić information content (AvgIpc) is 2.48. The summed E-state index contributed by atoms with van der Waals surface area (Å²) >= 11 is 0. The van der Waals surface area contributed by atoms with Crippen LogP contribution in [-0.4, -0.2) is 37.3 Å². The first-order valence-corrected chi connectivity index (χ1v) is 8.77. The van der Waals surface area contributed by atoms with Crippen molar-refractivity contribution >= 4 is 16.1 Å². The van der Waals surface area contributed by atoms with Crippen LogP contribution >= 0.6 is 0 Å². The monoisotopic (exact) mass is 308 g/mol.